The van der Waals surface area contributed by atoms with E-state index in [1.165, 1.54) is 41.6 Å². The van der Waals surface area contributed by atoms with E-state index in [0.717, 1.165) is 35.3 Å². The van der Waals surface area contributed by atoms with Crippen LogP contribution < -0.4 is 21.6 Å². The molecule has 0 bridgehead atoms. The number of benzene rings is 3. The quantitative estimate of drug-likeness (QED) is 0.176. The maximum Gasteiger partial charge on any atom is 0.416 e. The van der Waals surface area contributed by atoms with Crippen LogP contribution in [0, 0.1) is 18.6 Å². The summed E-state index contributed by atoms with van der Waals surface area (Å²) in [5, 5.41) is 2.04. The highest BCUT2D eigenvalue weighted by Crippen LogP contribution is 2.45. The van der Waals surface area contributed by atoms with Gasteiger partial charge in [0, 0.05) is 41.2 Å². The summed E-state index contributed by atoms with van der Waals surface area (Å²) in [5.74, 6) is -1.55. The molecule has 266 valence electrons. The normalized spacial score (nSPS) is 17.0. The Morgan fingerprint density at radius 2 is 1.65 bits per heavy atom. The molecule has 2 aliphatic rings. The van der Waals surface area contributed by atoms with E-state index < -0.39 is 53.0 Å². The van der Waals surface area contributed by atoms with Crippen molar-refractivity contribution < 1.29 is 26.7 Å². The molecule has 0 radical (unpaired) electrons. The molecular formula is C38H34F5N3O3S2. The number of rotatable bonds is 6. The van der Waals surface area contributed by atoms with E-state index in [1.54, 1.807) is 24.8 Å². The second-order valence-electron chi connectivity index (χ2n) is 12.3. The Kier molecular flexibility index (Phi) is 10.5. The second kappa shape index (κ2) is 14.7. The number of alkyl halides is 3. The molecule has 2 aliphatic heterocycles. The molecule has 13 heteroatoms. The molecule has 2 N–H and O–H groups in total. The van der Waals surface area contributed by atoms with Crippen molar-refractivity contribution >= 4 is 23.5 Å². The molecule has 51 heavy (non-hydrogen) atoms. The van der Waals surface area contributed by atoms with E-state index >= 15 is 4.39 Å². The van der Waals surface area contributed by atoms with Crippen molar-refractivity contribution in [2.24, 2.45) is 5.73 Å². The molecule has 4 heterocycles. The van der Waals surface area contributed by atoms with E-state index in [9.17, 15) is 27.2 Å². The minimum absolute atomic E-state index is 0.0344. The van der Waals surface area contributed by atoms with E-state index in [2.05, 4.69) is 6.92 Å². The molecule has 0 spiro atoms. The van der Waals surface area contributed by atoms with Crippen molar-refractivity contribution in [2.45, 2.75) is 60.4 Å². The van der Waals surface area contributed by atoms with Gasteiger partial charge in [0.05, 0.1) is 40.4 Å². The summed E-state index contributed by atoms with van der Waals surface area (Å²) >= 11 is 3.04. The van der Waals surface area contributed by atoms with Crippen LogP contribution in [0.5, 0.6) is 5.75 Å². The van der Waals surface area contributed by atoms with Crippen LogP contribution in [0.25, 0.3) is 11.1 Å². The lowest BCUT2D eigenvalue weighted by molar-refractivity contribution is -0.138. The maximum atomic E-state index is 15.5. The van der Waals surface area contributed by atoms with E-state index in [4.69, 9.17) is 10.5 Å². The zero-order valence-corrected chi connectivity index (χ0v) is 29.5. The van der Waals surface area contributed by atoms with Crippen LogP contribution in [0.3, 0.4) is 0 Å². The van der Waals surface area contributed by atoms with Crippen LogP contribution >= 0.6 is 23.5 Å². The van der Waals surface area contributed by atoms with Crippen LogP contribution in [-0.4, -0.2) is 27.2 Å². The van der Waals surface area contributed by atoms with Gasteiger partial charge in [-0.1, -0.05) is 61.5 Å². The van der Waals surface area contributed by atoms with Gasteiger partial charge in [0.1, 0.15) is 5.82 Å². The molecule has 0 saturated carbocycles. The molecule has 0 aliphatic carbocycles. The summed E-state index contributed by atoms with van der Waals surface area (Å²) in [4.78, 5) is 25.3. The predicted molar refractivity (Wildman–Crippen MR) is 191 cm³/mol. The third-order valence-corrected chi connectivity index (χ3v) is 11.4. The minimum Gasteiger partial charge on any atom is -0.494 e. The largest absolute Gasteiger partial charge is 0.494 e. The van der Waals surface area contributed by atoms with Gasteiger partial charge in [0.15, 0.2) is 11.6 Å². The number of pyridine rings is 2. The Morgan fingerprint density at radius 1 is 0.941 bits per heavy atom. The fourth-order valence-corrected chi connectivity index (χ4v) is 9.07. The fraction of sp³-hybridized carbons (Fsp3) is 0.263. The predicted octanol–water partition coefficient (Wildman–Crippen LogP) is 8.41. The first kappa shape index (κ1) is 36.5. The summed E-state index contributed by atoms with van der Waals surface area (Å²) < 4.78 is 80.6. The molecule has 0 saturated heterocycles. The van der Waals surface area contributed by atoms with Crippen LogP contribution in [-0.2, 0) is 19.1 Å². The fourth-order valence-electron chi connectivity index (χ4n) is 6.54. The number of nitrogens with two attached hydrogens (primary N) is 1. The number of fused-ring (bicyclic) bond motifs is 2. The molecule has 3 unspecified atom stereocenters. The first-order valence-electron chi connectivity index (χ1n) is 16.1. The number of ether oxygens (including phenoxy) is 1. The lowest BCUT2D eigenvalue weighted by atomic mass is 9.91. The minimum atomic E-state index is -4.80. The molecule has 7 rings (SSSR count). The topological polar surface area (TPSA) is 79.2 Å². The van der Waals surface area contributed by atoms with Gasteiger partial charge in [-0.05, 0) is 47.9 Å². The Hall–Kier alpha value is -4.33. The Labute approximate surface area is 299 Å². The molecule has 3 aromatic carbocycles. The number of halogens is 5. The van der Waals surface area contributed by atoms with E-state index in [1.807, 2.05) is 47.0 Å². The molecule has 6 nitrogen and oxygen atoms in total. The third kappa shape index (κ3) is 7.11. The first-order valence-corrected chi connectivity index (χ1v) is 17.9. The molecule has 0 amide bonds. The molecular weight excluding hydrogens is 706 g/mol. The van der Waals surface area contributed by atoms with Crippen molar-refractivity contribution in [3.8, 4) is 16.9 Å². The van der Waals surface area contributed by atoms with Crippen molar-refractivity contribution in [2.75, 3.05) is 12.9 Å². The van der Waals surface area contributed by atoms with Gasteiger partial charge >= 0.3 is 6.18 Å². The number of thioether (sulfide) groups is 2. The Morgan fingerprint density at radius 3 is 2.33 bits per heavy atom. The van der Waals surface area contributed by atoms with Crippen molar-refractivity contribution in [1.29, 1.82) is 0 Å². The number of hydrogen-bond donors (Lipinski definition) is 1. The second-order valence-corrected chi connectivity index (χ2v) is 14.7. The summed E-state index contributed by atoms with van der Waals surface area (Å²) in [6.45, 7) is 4.54. The standard InChI is InChI=1S/C30H25F5N2O2S.C8H9NOS/c1-16-19(14-20-21(30(33,34)35)11-7-12-22(20)31)29-37(23(15-40-29)27(36)17-8-4-3-5-9-17)28(38)25(16)18-10-6-13-24(39-2)26(18)32;1-6-5-9-7(10)3-2-4-8(9)11-6/h3-13,23,27H,14-15,36H2,1-2H3;2-4,6H,5H2,1H3. The molecule has 0 fully saturated rings. The summed E-state index contributed by atoms with van der Waals surface area (Å²) in [6, 6.07) is 20.5. The number of aromatic nitrogens is 2. The zero-order valence-electron chi connectivity index (χ0n) is 27.8. The summed E-state index contributed by atoms with van der Waals surface area (Å²) in [5.41, 5.74) is 5.79. The van der Waals surface area contributed by atoms with E-state index in [-0.39, 0.29) is 28.0 Å². The number of methoxy groups -OCH3 is 1. The van der Waals surface area contributed by atoms with Gasteiger partial charge in [-0.15, -0.1) is 23.5 Å². The van der Waals surface area contributed by atoms with E-state index in [0.29, 0.717) is 21.6 Å². The van der Waals surface area contributed by atoms with Crippen molar-refractivity contribution in [1.82, 2.24) is 9.13 Å². The first-order chi connectivity index (χ1) is 24.3. The molecule has 3 atom stereocenters. The van der Waals surface area contributed by atoms with Gasteiger partial charge in [-0.2, -0.15) is 13.2 Å². The Balaban J connectivity index is 0.000000344. The number of hydrogen-bond acceptors (Lipinski definition) is 6. The average Bonchev–Trinajstić information content (AvgIpc) is 3.72. The summed E-state index contributed by atoms with van der Waals surface area (Å²) in [7, 11) is 1.29. The highest BCUT2D eigenvalue weighted by molar-refractivity contribution is 8.00. The van der Waals surface area contributed by atoms with Gasteiger partial charge in [0.25, 0.3) is 11.1 Å². The molecule has 2 aromatic heterocycles. The van der Waals surface area contributed by atoms with Gasteiger partial charge < -0.3 is 15.0 Å². The van der Waals surface area contributed by atoms with Crippen LogP contribution in [0.2, 0.25) is 0 Å². The maximum absolute atomic E-state index is 15.5. The van der Waals surface area contributed by atoms with Crippen molar-refractivity contribution in [3.05, 3.63) is 145 Å². The van der Waals surface area contributed by atoms with Gasteiger partial charge in [-0.3, -0.25) is 14.2 Å². The number of nitrogens with zero attached hydrogens (tertiary/aromatic N) is 2. The van der Waals surface area contributed by atoms with Crippen LogP contribution in [0.4, 0.5) is 22.0 Å². The van der Waals surface area contributed by atoms with Gasteiger partial charge in [-0.25, -0.2) is 8.78 Å². The lowest BCUT2D eigenvalue weighted by Gasteiger charge is -2.25. The monoisotopic (exact) mass is 739 g/mol. The highest BCUT2D eigenvalue weighted by Gasteiger charge is 2.38. The Bertz CT molecular complexity index is 2210. The SMILES string of the molecule is CC1Cn2c(cccc2=O)S1.COc1cccc(-c2c(C)c(Cc3c(F)cccc3C(F)(F)F)c3n(c2=O)C(C(N)c2ccccc2)CS3)c1F. The van der Waals surface area contributed by atoms with Crippen molar-refractivity contribution in [3.63, 3.8) is 0 Å². The average molecular weight is 740 g/mol. The van der Waals surface area contributed by atoms with Gasteiger partial charge in [0.2, 0.25) is 0 Å². The smallest absolute Gasteiger partial charge is 0.416 e. The highest BCUT2D eigenvalue weighted by atomic mass is 32.2. The zero-order chi connectivity index (χ0) is 36.6. The third-order valence-electron chi connectivity index (χ3n) is 9.06. The molecule has 5 aromatic rings. The van der Waals surface area contributed by atoms with Crippen LogP contribution in [0.15, 0.2) is 105 Å². The lowest BCUT2D eigenvalue weighted by Crippen LogP contribution is -2.33. The van der Waals surface area contributed by atoms with Crippen LogP contribution in [0.1, 0.15) is 46.8 Å². The summed E-state index contributed by atoms with van der Waals surface area (Å²) in [6.07, 6.45) is -5.25.